The molecule has 8 heteroatoms. The van der Waals surface area contributed by atoms with Gasteiger partial charge in [-0.05, 0) is 37.5 Å². The number of carbonyl (C=O) groups excluding carboxylic acids is 1. The first kappa shape index (κ1) is 26.8. The van der Waals surface area contributed by atoms with Crippen LogP contribution in [0, 0.1) is 6.92 Å². The standard InChI is InChI=1S/C29H36N4O3S/c1-22-24(21-23-11-5-4-6-12-23)28(35)31(2)29(30-22)37-20-10-9-15-27(34)33-18-16-32(17-19-33)25-13-7-8-14-26(25)36-3/h4-8,11-14H,9-10,15-21H2,1-3H3. The van der Waals surface area contributed by atoms with Crippen molar-refractivity contribution >= 4 is 23.4 Å². The van der Waals surface area contributed by atoms with Crippen LogP contribution in [0.5, 0.6) is 5.75 Å². The summed E-state index contributed by atoms with van der Waals surface area (Å²) in [4.78, 5) is 34.7. The van der Waals surface area contributed by atoms with Crippen LogP contribution in [0.2, 0.25) is 0 Å². The first-order chi connectivity index (χ1) is 18.0. The van der Waals surface area contributed by atoms with Crippen molar-refractivity contribution < 1.29 is 9.53 Å². The van der Waals surface area contributed by atoms with Crippen molar-refractivity contribution in [2.24, 2.45) is 7.05 Å². The Bertz CT molecular complexity index is 1250. The smallest absolute Gasteiger partial charge is 0.257 e. The lowest BCUT2D eigenvalue weighted by atomic mass is 10.1. The molecule has 0 N–H and O–H groups in total. The second-order valence-electron chi connectivity index (χ2n) is 9.33. The number of amides is 1. The van der Waals surface area contributed by atoms with Crippen LogP contribution in [0.1, 0.15) is 36.1 Å². The number of carbonyl (C=O) groups is 1. The van der Waals surface area contributed by atoms with Crippen LogP contribution in [0.15, 0.2) is 64.5 Å². The lowest BCUT2D eigenvalue weighted by molar-refractivity contribution is -0.131. The van der Waals surface area contributed by atoms with Gasteiger partial charge in [0.1, 0.15) is 5.75 Å². The number of aryl methyl sites for hydroxylation is 1. The van der Waals surface area contributed by atoms with E-state index in [4.69, 9.17) is 9.72 Å². The number of hydrogen-bond donors (Lipinski definition) is 0. The quantitative estimate of drug-likeness (QED) is 0.226. The summed E-state index contributed by atoms with van der Waals surface area (Å²) in [6.07, 6.45) is 2.87. The van der Waals surface area contributed by atoms with Crippen molar-refractivity contribution in [3.63, 3.8) is 0 Å². The monoisotopic (exact) mass is 520 g/mol. The van der Waals surface area contributed by atoms with Gasteiger partial charge in [0.2, 0.25) is 5.91 Å². The lowest BCUT2D eigenvalue weighted by Crippen LogP contribution is -2.48. The maximum Gasteiger partial charge on any atom is 0.257 e. The predicted octanol–water partition coefficient (Wildman–Crippen LogP) is 4.30. The van der Waals surface area contributed by atoms with Crippen LogP contribution in [-0.2, 0) is 18.3 Å². The zero-order chi connectivity index (χ0) is 26.2. The summed E-state index contributed by atoms with van der Waals surface area (Å²) >= 11 is 1.59. The molecule has 37 heavy (non-hydrogen) atoms. The minimum atomic E-state index is 0.0151. The van der Waals surface area contributed by atoms with Gasteiger partial charge in [0.05, 0.1) is 12.8 Å². The highest BCUT2D eigenvalue weighted by atomic mass is 32.2. The first-order valence-corrected chi connectivity index (χ1v) is 13.9. The third-order valence-electron chi connectivity index (χ3n) is 6.85. The molecule has 1 fully saturated rings. The van der Waals surface area contributed by atoms with E-state index in [-0.39, 0.29) is 11.5 Å². The van der Waals surface area contributed by atoms with Gasteiger partial charge in [-0.15, -0.1) is 0 Å². The van der Waals surface area contributed by atoms with E-state index < -0.39 is 0 Å². The predicted molar refractivity (Wildman–Crippen MR) is 150 cm³/mol. The second kappa shape index (κ2) is 12.8. The van der Waals surface area contributed by atoms with E-state index in [1.54, 1.807) is 30.5 Å². The Morgan fingerprint density at radius 2 is 1.70 bits per heavy atom. The zero-order valence-electron chi connectivity index (χ0n) is 22.0. The van der Waals surface area contributed by atoms with Gasteiger partial charge < -0.3 is 14.5 Å². The summed E-state index contributed by atoms with van der Waals surface area (Å²) in [5, 5.41) is 0.734. The number of rotatable bonds is 10. The van der Waals surface area contributed by atoms with Crippen LogP contribution < -0.4 is 15.2 Å². The third-order valence-corrected chi connectivity index (χ3v) is 7.96. The summed E-state index contributed by atoms with van der Waals surface area (Å²) < 4.78 is 7.14. The van der Waals surface area contributed by atoms with Crippen molar-refractivity contribution in [2.45, 2.75) is 37.8 Å². The molecule has 4 rings (SSSR count). The van der Waals surface area contributed by atoms with Gasteiger partial charge in [-0.3, -0.25) is 14.2 Å². The lowest BCUT2D eigenvalue weighted by Gasteiger charge is -2.36. The van der Waals surface area contributed by atoms with E-state index in [1.165, 1.54) is 0 Å². The molecular formula is C29H36N4O3S. The molecule has 1 aromatic heterocycles. The van der Waals surface area contributed by atoms with E-state index in [9.17, 15) is 9.59 Å². The SMILES string of the molecule is COc1ccccc1N1CCN(C(=O)CCCCSc2nc(C)c(Cc3ccccc3)c(=O)n2C)CC1. The first-order valence-electron chi connectivity index (χ1n) is 12.9. The van der Waals surface area contributed by atoms with Crippen LogP contribution in [0.4, 0.5) is 5.69 Å². The molecule has 1 saturated heterocycles. The highest BCUT2D eigenvalue weighted by Gasteiger charge is 2.22. The van der Waals surface area contributed by atoms with Crippen molar-refractivity contribution in [1.29, 1.82) is 0 Å². The zero-order valence-corrected chi connectivity index (χ0v) is 22.8. The molecule has 1 amide bonds. The van der Waals surface area contributed by atoms with Gasteiger partial charge in [-0.25, -0.2) is 4.98 Å². The molecule has 1 aliphatic heterocycles. The van der Waals surface area contributed by atoms with Crippen LogP contribution in [-0.4, -0.2) is 59.4 Å². The van der Waals surface area contributed by atoms with Gasteiger partial charge in [0.15, 0.2) is 5.16 Å². The fraction of sp³-hybridized carbons (Fsp3) is 0.414. The Morgan fingerprint density at radius 3 is 2.43 bits per heavy atom. The molecule has 0 atom stereocenters. The summed E-state index contributed by atoms with van der Waals surface area (Å²) in [6, 6.07) is 18.0. The van der Waals surface area contributed by atoms with Gasteiger partial charge >= 0.3 is 0 Å². The molecule has 0 spiro atoms. The molecule has 1 aliphatic rings. The number of piperazine rings is 1. The van der Waals surface area contributed by atoms with Gasteiger partial charge in [0, 0.05) is 63.1 Å². The molecule has 3 aromatic rings. The summed E-state index contributed by atoms with van der Waals surface area (Å²) in [6.45, 7) is 4.98. The van der Waals surface area contributed by atoms with Crippen LogP contribution >= 0.6 is 11.8 Å². The number of benzene rings is 2. The second-order valence-corrected chi connectivity index (χ2v) is 10.4. The van der Waals surface area contributed by atoms with E-state index in [0.717, 1.165) is 78.2 Å². The van der Waals surface area contributed by atoms with Gasteiger partial charge in [0.25, 0.3) is 5.56 Å². The molecule has 0 unspecified atom stereocenters. The Morgan fingerprint density at radius 1 is 1.00 bits per heavy atom. The van der Waals surface area contributed by atoms with Crippen molar-refractivity contribution in [2.75, 3.05) is 43.9 Å². The van der Waals surface area contributed by atoms with Crippen LogP contribution in [0.25, 0.3) is 0 Å². The Kier molecular flexibility index (Phi) is 9.28. The minimum absolute atomic E-state index is 0.0151. The van der Waals surface area contributed by atoms with Crippen molar-refractivity contribution in [3.8, 4) is 5.75 Å². The Labute approximate surface area is 223 Å². The maximum absolute atomic E-state index is 13.0. The number of aromatic nitrogens is 2. The number of ether oxygens (including phenoxy) is 1. The topological polar surface area (TPSA) is 67.7 Å². The van der Waals surface area contributed by atoms with Crippen molar-refractivity contribution in [1.82, 2.24) is 14.5 Å². The van der Waals surface area contributed by atoms with E-state index in [1.807, 2.05) is 60.4 Å². The molecule has 0 bridgehead atoms. The number of para-hydroxylation sites is 2. The van der Waals surface area contributed by atoms with Crippen molar-refractivity contribution in [3.05, 3.63) is 81.8 Å². The molecule has 0 saturated carbocycles. The molecule has 7 nitrogen and oxygen atoms in total. The molecule has 2 aromatic carbocycles. The van der Waals surface area contributed by atoms with Crippen LogP contribution in [0.3, 0.4) is 0 Å². The average molecular weight is 521 g/mol. The summed E-state index contributed by atoms with van der Waals surface area (Å²) in [5.74, 6) is 1.91. The fourth-order valence-electron chi connectivity index (χ4n) is 4.65. The van der Waals surface area contributed by atoms with E-state index in [0.29, 0.717) is 12.8 Å². The number of hydrogen-bond acceptors (Lipinski definition) is 6. The maximum atomic E-state index is 13.0. The third kappa shape index (κ3) is 6.74. The normalized spacial score (nSPS) is 13.6. The highest BCUT2D eigenvalue weighted by Crippen LogP contribution is 2.28. The Hall–Kier alpha value is -3.26. The minimum Gasteiger partial charge on any atom is -0.495 e. The average Bonchev–Trinajstić information content (AvgIpc) is 2.94. The molecule has 0 radical (unpaired) electrons. The molecule has 0 aliphatic carbocycles. The van der Waals surface area contributed by atoms with E-state index >= 15 is 0 Å². The number of methoxy groups -OCH3 is 1. The number of anilines is 1. The number of thioether (sulfide) groups is 1. The molecule has 196 valence electrons. The largest absolute Gasteiger partial charge is 0.495 e. The highest BCUT2D eigenvalue weighted by molar-refractivity contribution is 7.99. The van der Waals surface area contributed by atoms with E-state index in [2.05, 4.69) is 11.0 Å². The number of nitrogens with zero attached hydrogens (tertiary/aromatic N) is 4. The van der Waals surface area contributed by atoms with Gasteiger partial charge in [-0.1, -0.05) is 54.2 Å². The number of unbranched alkanes of at least 4 members (excludes halogenated alkanes) is 1. The summed E-state index contributed by atoms with van der Waals surface area (Å²) in [5.41, 5.74) is 3.74. The summed E-state index contributed by atoms with van der Waals surface area (Å²) in [7, 11) is 3.48. The van der Waals surface area contributed by atoms with Gasteiger partial charge in [-0.2, -0.15) is 0 Å². The Balaban J connectivity index is 1.21. The molecule has 2 heterocycles. The molecular weight excluding hydrogens is 484 g/mol. The fourth-order valence-corrected chi connectivity index (χ4v) is 5.66.